The lowest BCUT2D eigenvalue weighted by Gasteiger charge is -2.31. The Bertz CT molecular complexity index is 1000. The fourth-order valence-corrected chi connectivity index (χ4v) is 5.40. The van der Waals surface area contributed by atoms with E-state index in [1.165, 1.54) is 7.11 Å². The van der Waals surface area contributed by atoms with Gasteiger partial charge in [-0.1, -0.05) is 44.7 Å². The molecule has 3 nitrogen and oxygen atoms in total. The molecular formula is C33H46F4O3. The molecule has 1 aromatic rings. The number of allylic oxidation sites excluding steroid dienone is 3. The second-order valence-electron chi connectivity index (χ2n) is 10.7. The zero-order chi connectivity index (χ0) is 29.7. The molecule has 0 atom stereocenters. The van der Waals surface area contributed by atoms with Crippen LogP contribution in [-0.2, 0) is 14.2 Å². The van der Waals surface area contributed by atoms with Crippen molar-refractivity contribution in [3.05, 3.63) is 83.9 Å². The molecule has 0 bridgehead atoms. The average Bonchev–Trinajstić information content (AvgIpc) is 2.97. The minimum Gasteiger partial charge on any atom is -0.494 e. The second-order valence-corrected chi connectivity index (χ2v) is 10.7. The fourth-order valence-electron chi connectivity index (χ4n) is 5.40. The van der Waals surface area contributed by atoms with E-state index in [0.29, 0.717) is 36.8 Å². The van der Waals surface area contributed by atoms with Gasteiger partial charge in [0.25, 0.3) is 0 Å². The molecule has 2 fully saturated rings. The maximum absolute atomic E-state index is 15.2. The minimum absolute atomic E-state index is 0.0240. The van der Waals surface area contributed by atoms with E-state index in [-0.39, 0.29) is 30.5 Å². The SMILES string of the molecule is C=C(OC)/C(F)=C(/F)C(=C)OCC1CCC(c2ccc(C3CCC(OCCCC)CC3)c(F)c2F)CC1.C=CC. The van der Waals surface area contributed by atoms with E-state index in [1.54, 1.807) is 18.2 Å². The van der Waals surface area contributed by atoms with E-state index >= 15 is 8.78 Å². The molecule has 3 rings (SSSR count). The predicted molar refractivity (Wildman–Crippen MR) is 153 cm³/mol. The normalized spacial score (nSPS) is 23.3. The lowest BCUT2D eigenvalue weighted by molar-refractivity contribution is 0.0230. The van der Waals surface area contributed by atoms with E-state index < -0.39 is 34.8 Å². The number of methoxy groups -OCH3 is 1. The van der Waals surface area contributed by atoms with Crippen molar-refractivity contribution in [2.24, 2.45) is 5.92 Å². The number of benzene rings is 1. The van der Waals surface area contributed by atoms with E-state index in [1.807, 2.05) is 6.92 Å². The molecule has 0 spiro atoms. The van der Waals surface area contributed by atoms with Crippen LogP contribution in [0.15, 0.2) is 61.1 Å². The van der Waals surface area contributed by atoms with Crippen molar-refractivity contribution in [2.45, 2.75) is 96.0 Å². The quantitative estimate of drug-likeness (QED) is 0.0828. The predicted octanol–water partition coefficient (Wildman–Crippen LogP) is 10.1. The van der Waals surface area contributed by atoms with Crippen LogP contribution in [0.4, 0.5) is 17.6 Å². The van der Waals surface area contributed by atoms with Crippen LogP contribution >= 0.6 is 0 Å². The zero-order valence-electron chi connectivity index (χ0n) is 24.4. The molecule has 2 aliphatic rings. The van der Waals surface area contributed by atoms with Gasteiger partial charge in [-0.05, 0) is 93.6 Å². The molecule has 0 saturated heterocycles. The van der Waals surface area contributed by atoms with Crippen molar-refractivity contribution in [1.29, 1.82) is 0 Å². The maximum atomic E-state index is 15.2. The van der Waals surface area contributed by atoms with E-state index in [4.69, 9.17) is 9.47 Å². The van der Waals surface area contributed by atoms with Crippen LogP contribution in [-0.4, -0.2) is 26.4 Å². The molecule has 40 heavy (non-hydrogen) atoms. The summed E-state index contributed by atoms with van der Waals surface area (Å²) in [4.78, 5) is 0. The number of hydrogen-bond acceptors (Lipinski definition) is 3. The van der Waals surface area contributed by atoms with Crippen molar-refractivity contribution >= 4 is 0 Å². The summed E-state index contributed by atoms with van der Waals surface area (Å²) in [6.07, 6.45) is 10.3. The molecule has 2 aliphatic carbocycles. The molecule has 7 heteroatoms. The van der Waals surface area contributed by atoms with Gasteiger partial charge in [-0.15, -0.1) is 6.58 Å². The summed E-state index contributed by atoms with van der Waals surface area (Å²) in [5.41, 5.74) is 0.906. The summed E-state index contributed by atoms with van der Waals surface area (Å²) in [5.74, 6) is -4.74. The van der Waals surface area contributed by atoms with E-state index in [2.05, 4.69) is 31.4 Å². The van der Waals surface area contributed by atoms with Gasteiger partial charge in [0, 0.05) is 6.61 Å². The van der Waals surface area contributed by atoms with Crippen molar-refractivity contribution in [3.63, 3.8) is 0 Å². The minimum atomic E-state index is -1.24. The molecular weight excluding hydrogens is 520 g/mol. The summed E-state index contributed by atoms with van der Waals surface area (Å²) in [6.45, 7) is 15.0. The summed E-state index contributed by atoms with van der Waals surface area (Å²) < 4.78 is 74.0. The van der Waals surface area contributed by atoms with Crippen molar-refractivity contribution in [1.82, 2.24) is 0 Å². The molecule has 0 unspecified atom stereocenters. The van der Waals surface area contributed by atoms with Gasteiger partial charge in [0.15, 0.2) is 23.2 Å². The van der Waals surface area contributed by atoms with E-state index in [9.17, 15) is 8.78 Å². The zero-order valence-corrected chi connectivity index (χ0v) is 24.4. The molecule has 0 radical (unpaired) electrons. The summed E-state index contributed by atoms with van der Waals surface area (Å²) in [7, 11) is 1.19. The van der Waals surface area contributed by atoms with Gasteiger partial charge in [0.1, 0.15) is 0 Å². The number of hydrogen-bond donors (Lipinski definition) is 0. The molecule has 0 aromatic heterocycles. The van der Waals surface area contributed by atoms with Crippen LogP contribution in [0, 0.1) is 17.6 Å². The van der Waals surface area contributed by atoms with Crippen molar-refractivity contribution in [3.8, 4) is 0 Å². The highest BCUT2D eigenvalue weighted by atomic mass is 19.2. The van der Waals surface area contributed by atoms with Crippen molar-refractivity contribution < 1.29 is 31.8 Å². The third-order valence-corrected chi connectivity index (χ3v) is 7.82. The Kier molecular flexibility index (Phi) is 14.6. The summed E-state index contributed by atoms with van der Waals surface area (Å²) in [5, 5.41) is 0. The van der Waals surface area contributed by atoms with Gasteiger partial charge in [0.2, 0.25) is 11.7 Å². The van der Waals surface area contributed by atoms with Gasteiger partial charge in [-0.2, -0.15) is 8.78 Å². The Labute approximate surface area is 238 Å². The highest BCUT2D eigenvalue weighted by Gasteiger charge is 2.30. The topological polar surface area (TPSA) is 27.7 Å². The smallest absolute Gasteiger partial charge is 0.203 e. The molecule has 2 saturated carbocycles. The number of rotatable bonds is 12. The standard InChI is InChI=1S/C30H40F4O3.C3H6/c1-5-6-17-36-24-13-11-23(12-14-24)26-16-15-25(29(33)30(26)34)22-9-7-21(8-10-22)18-37-20(3)28(32)27(31)19(2)35-4;1-3-2/h15-16,21-24H,2-3,5-14,17-18H2,1,4H3;3H,1H2,2H3/b28-27-;. The number of ether oxygens (including phenoxy) is 3. The third-order valence-electron chi connectivity index (χ3n) is 7.82. The molecule has 0 N–H and O–H groups in total. The van der Waals surface area contributed by atoms with Crippen LogP contribution < -0.4 is 0 Å². The first-order valence-corrected chi connectivity index (χ1v) is 14.4. The summed E-state index contributed by atoms with van der Waals surface area (Å²) in [6, 6.07) is 3.53. The van der Waals surface area contributed by atoms with Crippen molar-refractivity contribution in [2.75, 3.05) is 20.3 Å². The Balaban J connectivity index is 0.00000178. The largest absolute Gasteiger partial charge is 0.494 e. The number of halogens is 4. The lowest BCUT2D eigenvalue weighted by atomic mass is 9.77. The van der Waals surface area contributed by atoms with Gasteiger partial charge >= 0.3 is 0 Å². The van der Waals surface area contributed by atoms with Gasteiger partial charge in [-0.3, -0.25) is 0 Å². The monoisotopic (exact) mass is 566 g/mol. The maximum Gasteiger partial charge on any atom is 0.203 e. The van der Waals surface area contributed by atoms with Crippen LogP contribution in [0.3, 0.4) is 0 Å². The van der Waals surface area contributed by atoms with Gasteiger partial charge in [0.05, 0.1) is 19.8 Å². The Morgan fingerprint density at radius 1 is 0.875 bits per heavy atom. The van der Waals surface area contributed by atoms with Crippen LogP contribution in [0.2, 0.25) is 0 Å². The highest BCUT2D eigenvalue weighted by molar-refractivity contribution is 5.32. The molecule has 1 aromatic carbocycles. The molecule has 224 valence electrons. The number of unbranched alkanes of at least 4 members (excludes halogenated alkanes) is 1. The van der Waals surface area contributed by atoms with Crippen LogP contribution in [0.25, 0.3) is 0 Å². The average molecular weight is 567 g/mol. The second kappa shape index (κ2) is 17.3. The first-order chi connectivity index (χ1) is 19.2. The Morgan fingerprint density at radius 3 is 1.82 bits per heavy atom. The first kappa shape index (κ1) is 33.7. The Hall–Kier alpha value is -2.54. The van der Waals surface area contributed by atoms with Crippen LogP contribution in [0.1, 0.15) is 101 Å². The van der Waals surface area contributed by atoms with Gasteiger partial charge in [-0.25, -0.2) is 8.78 Å². The van der Waals surface area contributed by atoms with Gasteiger partial charge < -0.3 is 14.2 Å². The van der Waals surface area contributed by atoms with Crippen LogP contribution in [0.5, 0.6) is 0 Å². The molecule has 0 heterocycles. The fraction of sp³-hybridized carbons (Fsp3) is 0.576. The molecule has 0 amide bonds. The molecule has 0 aliphatic heterocycles. The first-order valence-electron chi connectivity index (χ1n) is 14.4. The Morgan fingerprint density at radius 2 is 1.35 bits per heavy atom. The third kappa shape index (κ3) is 9.53. The lowest BCUT2D eigenvalue weighted by Crippen LogP contribution is -2.22. The summed E-state index contributed by atoms with van der Waals surface area (Å²) >= 11 is 0. The van der Waals surface area contributed by atoms with E-state index in [0.717, 1.165) is 45.1 Å². The highest BCUT2D eigenvalue weighted by Crippen LogP contribution is 2.41.